The Morgan fingerprint density at radius 1 is 0.853 bits per heavy atom. The lowest BCUT2D eigenvalue weighted by Gasteiger charge is -2.34. The Morgan fingerprint density at radius 3 is 2.32 bits per heavy atom. The van der Waals surface area contributed by atoms with E-state index in [2.05, 4.69) is 26.8 Å². The SMILES string of the molecule is Cc1c2ccc(c1Cl)O[C@H](CN1CCN(C)CC1)COc1ccc(OCc3ccnc(-c4ccc(CCC(=O)OC(C)(C)C)cc4)n3)c(c1)C[C@H](C(=O)OC(C)(C)C)Oc1ncnc3sc(-c4ccc(F)cc4)c-2c13. The third-order valence-corrected chi connectivity index (χ3v) is 14.3. The minimum Gasteiger partial charge on any atom is -0.490 e. The number of hydrogen-bond acceptors (Lipinski definition) is 15. The Bertz CT molecular complexity index is 3170. The van der Waals surface area contributed by atoms with Gasteiger partial charge in [0.1, 0.15) is 64.7 Å². The first kappa shape index (κ1) is 53.1. The van der Waals surface area contributed by atoms with Gasteiger partial charge in [0.05, 0.1) is 16.1 Å². The molecule has 2 atom stereocenters. The van der Waals surface area contributed by atoms with E-state index in [-0.39, 0.29) is 43.7 Å². The molecule has 14 nitrogen and oxygen atoms in total. The van der Waals surface area contributed by atoms with Crippen LogP contribution in [0.5, 0.6) is 23.1 Å². The number of aryl methyl sites for hydroxylation is 1. The van der Waals surface area contributed by atoms with Crippen LogP contribution in [0.25, 0.3) is 43.2 Å². The van der Waals surface area contributed by atoms with E-state index in [1.165, 1.54) is 29.8 Å². The molecule has 1 fully saturated rings. The van der Waals surface area contributed by atoms with E-state index in [9.17, 15) is 14.0 Å². The van der Waals surface area contributed by atoms with E-state index < -0.39 is 29.4 Å². The molecule has 0 spiro atoms. The highest BCUT2D eigenvalue weighted by Crippen LogP contribution is 2.50. The van der Waals surface area contributed by atoms with Gasteiger partial charge >= 0.3 is 11.9 Å². The summed E-state index contributed by atoms with van der Waals surface area (Å²) in [7, 11) is 2.12. The summed E-state index contributed by atoms with van der Waals surface area (Å²) in [6, 6.07) is 25.2. The summed E-state index contributed by atoms with van der Waals surface area (Å²) in [5.74, 6) is 0.877. The van der Waals surface area contributed by atoms with Crippen molar-refractivity contribution in [2.45, 2.75) is 97.7 Å². The van der Waals surface area contributed by atoms with Gasteiger partial charge < -0.3 is 33.3 Å². The number of carbonyl (C=O) groups excluding carboxylic acids is 2. The van der Waals surface area contributed by atoms with Crippen LogP contribution in [0.15, 0.2) is 97.5 Å². The highest BCUT2D eigenvalue weighted by Gasteiger charge is 2.33. The molecule has 0 saturated carbocycles. The molecule has 3 aliphatic heterocycles. The molecule has 0 radical (unpaired) electrons. The quantitative estimate of drug-likeness (QED) is 0.113. The fourth-order valence-corrected chi connectivity index (χ4v) is 10.3. The number of hydrogen-bond donors (Lipinski definition) is 0. The Morgan fingerprint density at radius 2 is 1.59 bits per heavy atom. The number of likely N-dealkylation sites (N-methyl/N-ethyl adjacent to an activating group) is 1. The minimum absolute atomic E-state index is 0.0209. The van der Waals surface area contributed by atoms with Crippen molar-refractivity contribution in [1.29, 1.82) is 0 Å². The molecule has 0 aliphatic carbocycles. The number of piperazine rings is 1. The molecule has 0 amide bonds. The van der Waals surface area contributed by atoms with E-state index in [4.69, 9.17) is 50.0 Å². The normalized spacial score (nSPS) is 16.6. The average molecular weight is 1060 g/mol. The van der Waals surface area contributed by atoms with E-state index in [0.29, 0.717) is 68.1 Å². The Labute approximate surface area is 446 Å². The zero-order chi connectivity index (χ0) is 53.0. The Hall–Kier alpha value is -6.72. The molecule has 3 aromatic heterocycles. The number of rotatable bonds is 11. The summed E-state index contributed by atoms with van der Waals surface area (Å²) in [4.78, 5) is 51.7. The van der Waals surface area contributed by atoms with Crippen molar-refractivity contribution in [3.05, 3.63) is 131 Å². The van der Waals surface area contributed by atoms with Crippen LogP contribution >= 0.6 is 22.9 Å². The topological polar surface area (TPSA) is 148 Å². The molecule has 4 bridgehead atoms. The first-order valence-corrected chi connectivity index (χ1v) is 26.3. The summed E-state index contributed by atoms with van der Waals surface area (Å²) >= 11 is 8.72. The zero-order valence-electron chi connectivity index (χ0n) is 43.6. The first-order valence-electron chi connectivity index (χ1n) is 25.1. The molecular weight excluding hydrogens is 995 g/mol. The number of carbonyl (C=O) groups is 2. The summed E-state index contributed by atoms with van der Waals surface area (Å²) < 4.78 is 52.9. The van der Waals surface area contributed by atoms with Crippen molar-refractivity contribution in [2.24, 2.45) is 0 Å². The van der Waals surface area contributed by atoms with Gasteiger partial charge in [-0.15, -0.1) is 11.3 Å². The second-order valence-electron chi connectivity index (χ2n) is 20.9. The van der Waals surface area contributed by atoms with E-state index in [1.54, 1.807) is 45.2 Å². The number of aromatic nitrogens is 4. The second-order valence-corrected chi connectivity index (χ2v) is 22.3. The monoisotopic (exact) mass is 1060 g/mol. The summed E-state index contributed by atoms with van der Waals surface area (Å²) in [5.41, 5.74) is 4.52. The van der Waals surface area contributed by atoms with Gasteiger partial charge in [0, 0.05) is 73.3 Å². The molecule has 0 N–H and O–H groups in total. The van der Waals surface area contributed by atoms with Gasteiger partial charge in [0.15, 0.2) is 5.82 Å². The number of benzene rings is 4. The van der Waals surface area contributed by atoms with Gasteiger partial charge in [-0.1, -0.05) is 54.1 Å². The standard InChI is InChI=1S/C58H62ClFN6O8S/c1-35-44-19-21-46(51(35)59)71-43(31-66-27-25-65(8)26-28-66)33-69-42-18-20-45(70-32-41-23-24-61-53(64-41)38-12-9-36(10-13-38)11-22-48(67)73-57(2,3)4)39(29-42)30-47(56(68)74-58(5,6)7)72-54-50-49(44)52(75-55(50)63-34-62-54)37-14-16-40(60)17-15-37/h9-10,12-21,23-24,29,34,43,47H,11,22,25-28,30-33H2,1-8H3/t43-,47-/m1/s1. The third kappa shape index (κ3) is 13.4. The molecule has 6 heterocycles. The van der Waals surface area contributed by atoms with Gasteiger partial charge in [-0.2, -0.15) is 0 Å². The van der Waals surface area contributed by atoms with E-state index in [0.717, 1.165) is 58.9 Å². The van der Waals surface area contributed by atoms with Crippen molar-refractivity contribution >= 4 is 45.1 Å². The van der Waals surface area contributed by atoms with Gasteiger partial charge in [0.2, 0.25) is 12.0 Å². The molecule has 0 unspecified atom stereocenters. The van der Waals surface area contributed by atoms with Gasteiger partial charge in [-0.05, 0) is 127 Å². The highest BCUT2D eigenvalue weighted by molar-refractivity contribution is 7.22. The second kappa shape index (κ2) is 22.6. The molecule has 4 aromatic carbocycles. The van der Waals surface area contributed by atoms with Crippen molar-refractivity contribution in [3.63, 3.8) is 0 Å². The van der Waals surface area contributed by atoms with Crippen LogP contribution in [-0.2, 0) is 38.5 Å². The zero-order valence-corrected chi connectivity index (χ0v) is 45.1. The Kier molecular flexibility index (Phi) is 16.0. The summed E-state index contributed by atoms with van der Waals surface area (Å²) in [6.45, 7) is 17.3. The summed E-state index contributed by atoms with van der Waals surface area (Å²) in [6.07, 6.45) is 2.18. The fraction of sp³-hybridized carbons (Fsp3) is 0.379. The van der Waals surface area contributed by atoms with Gasteiger partial charge in [0.25, 0.3) is 0 Å². The molecule has 3 aliphatic rings. The van der Waals surface area contributed by atoms with Crippen LogP contribution in [0.3, 0.4) is 0 Å². The molecule has 17 heteroatoms. The number of halogens is 2. The minimum atomic E-state index is -1.25. The molecule has 75 heavy (non-hydrogen) atoms. The van der Waals surface area contributed by atoms with Crippen LogP contribution < -0.4 is 18.9 Å². The van der Waals surface area contributed by atoms with Gasteiger partial charge in [-0.3, -0.25) is 9.69 Å². The first-order chi connectivity index (χ1) is 35.8. The molecule has 1 saturated heterocycles. The third-order valence-electron chi connectivity index (χ3n) is 12.7. The van der Waals surface area contributed by atoms with Crippen molar-refractivity contribution in [2.75, 3.05) is 46.4 Å². The molecular formula is C58H62ClFN6O8S. The van der Waals surface area contributed by atoms with E-state index in [1.807, 2.05) is 82.3 Å². The average Bonchev–Trinajstić information content (AvgIpc) is 3.77. The largest absolute Gasteiger partial charge is 0.490 e. The number of nitrogens with zero attached hydrogens (tertiary/aromatic N) is 6. The Balaban J connectivity index is 1.09. The van der Waals surface area contributed by atoms with Crippen LogP contribution in [-0.4, -0.2) is 111 Å². The molecule has 10 rings (SSSR count). The van der Waals surface area contributed by atoms with Crippen LogP contribution in [0.2, 0.25) is 5.02 Å². The number of esters is 2. The molecule has 392 valence electrons. The van der Waals surface area contributed by atoms with Crippen molar-refractivity contribution in [1.82, 2.24) is 29.7 Å². The number of thiophene rings is 1. The maximum Gasteiger partial charge on any atom is 0.348 e. The lowest BCUT2D eigenvalue weighted by molar-refractivity contribution is -0.163. The lowest BCUT2D eigenvalue weighted by Crippen LogP contribution is -2.49. The van der Waals surface area contributed by atoms with Crippen molar-refractivity contribution in [3.8, 4) is 56.1 Å². The van der Waals surface area contributed by atoms with E-state index >= 15 is 0 Å². The maximum absolute atomic E-state index is 14.6. The smallest absolute Gasteiger partial charge is 0.348 e. The van der Waals surface area contributed by atoms with Crippen LogP contribution in [0.4, 0.5) is 4.39 Å². The highest BCUT2D eigenvalue weighted by atomic mass is 35.5. The van der Waals surface area contributed by atoms with Crippen LogP contribution in [0.1, 0.15) is 70.3 Å². The lowest BCUT2D eigenvalue weighted by atomic mass is 9.96. The fourth-order valence-electron chi connectivity index (χ4n) is 8.94. The van der Waals surface area contributed by atoms with Crippen LogP contribution in [0, 0.1) is 12.7 Å². The number of fused-ring (bicyclic) bond motifs is 7. The van der Waals surface area contributed by atoms with Gasteiger partial charge in [-0.25, -0.2) is 29.1 Å². The van der Waals surface area contributed by atoms with Crippen molar-refractivity contribution < 1.29 is 42.4 Å². The summed E-state index contributed by atoms with van der Waals surface area (Å²) in [5, 5.41) is 0.962. The predicted molar refractivity (Wildman–Crippen MR) is 288 cm³/mol. The number of ether oxygens (including phenoxy) is 6. The molecule has 7 aromatic rings. The maximum atomic E-state index is 14.6. The predicted octanol–water partition coefficient (Wildman–Crippen LogP) is 11.2.